The number of aliphatic hydroxyl groups is 1. The summed E-state index contributed by atoms with van der Waals surface area (Å²) >= 11 is 0. The first-order chi connectivity index (χ1) is 14.2. The summed E-state index contributed by atoms with van der Waals surface area (Å²) in [5.74, 6) is 8.48. The van der Waals surface area contributed by atoms with E-state index < -0.39 is 0 Å². The van der Waals surface area contributed by atoms with Gasteiger partial charge < -0.3 is 14.6 Å². The Hall–Kier alpha value is -2.44. The van der Waals surface area contributed by atoms with Crippen LogP contribution in [0.5, 0.6) is 11.5 Å². The molecule has 0 amide bonds. The molecule has 2 aromatic rings. The van der Waals surface area contributed by atoms with E-state index in [4.69, 9.17) is 9.47 Å². The predicted molar refractivity (Wildman–Crippen MR) is 115 cm³/mol. The van der Waals surface area contributed by atoms with Crippen molar-refractivity contribution < 1.29 is 14.6 Å². The summed E-state index contributed by atoms with van der Waals surface area (Å²) < 4.78 is 11.9. The fourth-order valence-corrected chi connectivity index (χ4v) is 4.66. The van der Waals surface area contributed by atoms with Crippen LogP contribution in [0.2, 0.25) is 0 Å². The van der Waals surface area contributed by atoms with Gasteiger partial charge >= 0.3 is 0 Å². The third-order valence-corrected chi connectivity index (χ3v) is 6.26. The van der Waals surface area contributed by atoms with Crippen LogP contribution >= 0.6 is 0 Å². The van der Waals surface area contributed by atoms with Crippen molar-refractivity contribution >= 4 is 0 Å². The number of rotatable bonds is 4. The minimum absolute atomic E-state index is 0.266. The molecule has 2 fully saturated rings. The third kappa shape index (κ3) is 4.60. The lowest BCUT2D eigenvalue weighted by atomic mass is 9.69. The van der Waals surface area contributed by atoms with Crippen LogP contribution < -0.4 is 9.47 Å². The molecular formula is C26H30O3. The smallest absolute Gasteiger partial charge is 0.161 e. The molecule has 29 heavy (non-hydrogen) atoms. The summed E-state index contributed by atoms with van der Waals surface area (Å²) in [6, 6.07) is 16.3. The highest BCUT2D eigenvalue weighted by Gasteiger charge is 2.37. The highest BCUT2D eigenvalue weighted by atomic mass is 16.5. The Bertz CT molecular complexity index is 874. The van der Waals surface area contributed by atoms with Gasteiger partial charge in [0.2, 0.25) is 0 Å². The Morgan fingerprint density at radius 1 is 0.966 bits per heavy atom. The second kappa shape index (κ2) is 8.93. The molecule has 152 valence electrons. The largest absolute Gasteiger partial charge is 0.493 e. The van der Waals surface area contributed by atoms with Crippen molar-refractivity contribution in [1.82, 2.24) is 0 Å². The lowest BCUT2D eigenvalue weighted by Crippen LogP contribution is -2.34. The summed E-state index contributed by atoms with van der Waals surface area (Å²) in [6.07, 6.45) is 8.01. The minimum Gasteiger partial charge on any atom is -0.493 e. The van der Waals surface area contributed by atoms with Crippen molar-refractivity contribution in [2.24, 2.45) is 0 Å². The van der Waals surface area contributed by atoms with Gasteiger partial charge in [0.1, 0.15) is 0 Å². The van der Waals surface area contributed by atoms with E-state index in [1.54, 1.807) is 7.11 Å². The van der Waals surface area contributed by atoms with Crippen LogP contribution in [-0.2, 0) is 5.41 Å². The number of methoxy groups -OCH3 is 1. The Morgan fingerprint density at radius 3 is 2.48 bits per heavy atom. The Morgan fingerprint density at radius 2 is 1.76 bits per heavy atom. The van der Waals surface area contributed by atoms with Crippen LogP contribution in [0.3, 0.4) is 0 Å². The van der Waals surface area contributed by atoms with Gasteiger partial charge in [-0.15, -0.1) is 0 Å². The Kier molecular flexibility index (Phi) is 6.11. The van der Waals surface area contributed by atoms with E-state index in [2.05, 4.69) is 24.0 Å². The molecule has 1 N–H and O–H groups in total. The lowest BCUT2D eigenvalue weighted by molar-refractivity contribution is 0.103. The average molecular weight is 391 g/mol. The van der Waals surface area contributed by atoms with E-state index in [0.29, 0.717) is 6.42 Å². The van der Waals surface area contributed by atoms with Gasteiger partial charge in [-0.3, -0.25) is 0 Å². The zero-order chi connectivity index (χ0) is 20.1. The number of hydrogen-bond acceptors (Lipinski definition) is 3. The molecule has 3 nitrogen and oxygen atoms in total. The molecule has 0 heterocycles. The lowest BCUT2D eigenvalue weighted by Gasteiger charge is -2.36. The summed E-state index contributed by atoms with van der Waals surface area (Å²) in [5.41, 5.74) is 1.75. The summed E-state index contributed by atoms with van der Waals surface area (Å²) in [4.78, 5) is 0. The maximum Gasteiger partial charge on any atom is 0.161 e. The third-order valence-electron chi connectivity index (χ3n) is 6.26. The highest BCUT2D eigenvalue weighted by Crippen LogP contribution is 2.43. The molecule has 0 radical (unpaired) electrons. The van der Waals surface area contributed by atoms with Crippen LogP contribution in [-0.4, -0.2) is 24.4 Å². The van der Waals surface area contributed by atoms with Crippen LogP contribution in [0.1, 0.15) is 62.5 Å². The zero-order valence-electron chi connectivity index (χ0n) is 17.2. The molecular weight excluding hydrogens is 360 g/mol. The van der Waals surface area contributed by atoms with Crippen LogP contribution in [0.15, 0.2) is 48.5 Å². The molecule has 2 aliphatic rings. The maximum atomic E-state index is 10.5. The molecule has 0 saturated heterocycles. The van der Waals surface area contributed by atoms with Crippen molar-refractivity contribution in [2.75, 3.05) is 7.11 Å². The van der Waals surface area contributed by atoms with Crippen molar-refractivity contribution in [1.29, 1.82) is 0 Å². The van der Waals surface area contributed by atoms with Crippen molar-refractivity contribution in [3.8, 4) is 23.3 Å². The number of hydrogen-bond donors (Lipinski definition) is 1. The molecule has 0 aliphatic heterocycles. The van der Waals surface area contributed by atoms with Crippen LogP contribution in [0, 0.1) is 11.8 Å². The molecule has 3 heteroatoms. The molecule has 0 spiro atoms. The van der Waals surface area contributed by atoms with Gasteiger partial charge in [-0.1, -0.05) is 36.1 Å². The molecule has 2 saturated carbocycles. The molecule has 0 unspecified atom stereocenters. The second-order valence-corrected chi connectivity index (χ2v) is 8.34. The maximum absolute atomic E-state index is 10.5. The Labute approximate surface area is 174 Å². The monoisotopic (exact) mass is 390 g/mol. The molecule has 0 aromatic heterocycles. The minimum atomic E-state index is -0.367. The Balaban J connectivity index is 1.71. The molecule has 4 rings (SSSR count). The SMILES string of the molecule is COc1ccc([C@]2(C#Cc3ccccc3)CCC[C@@H](O)C2)cc1OC1CCCC1. The predicted octanol–water partition coefficient (Wildman–Crippen LogP) is 5.24. The molecule has 2 aromatic carbocycles. The molecule has 0 bridgehead atoms. The van der Waals surface area contributed by atoms with Gasteiger partial charge in [0.25, 0.3) is 0 Å². The fourth-order valence-electron chi connectivity index (χ4n) is 4.66. The number of aliphatic hydroxyl groups excluding tert-OH is 1. The summed E-state index contributed by atoms with van der Waals surface area (Å²) in [6.45, 7) is 0. The van der Waals surface area contributed by atoms with E-state index in [-0.39, 0.29) is 17.6 Å². The first-order valence-corrected chi connectivity index (χ1v) is 10.8. The van der Waals surface area contributed by atoms with Crippen LogP contribution in [0.4, 0.5) is 0 Å². The van der Waals surface area contributed by atoms with Gasteiger partial charge in [-0.2, -0.15) is 0 Å². The van der Waals surface area contributed by atoms with Crippen LogP contribution in [0.25, 0.3) is 0 Å². The van der Waals surface area contributed by atoms with E-state index in [9.17, 15) is 5.11 Å². The average Bonchev–Trinajstić information content (AvgIpc) is 3.26. The zero-order valence-corrected chi connectivity index (χ0v) is 17.2. The topological polar surface area (TPSA) is 38.7 Å². The standard InChI is InChI=1S/C26H30O3/c1-28-24-14-13-21(18-25(24)29-23-11-5-6-12-23)26(16-7-10-22(27)19-26)17-15-20-8-3-2-4-9-20/h2-4,8-9,13-14,18,22-23,27H,5-7,10-12,16,19H2,1H3/t22-,26+/m1/s1. The molecule has 2 atom stereocenters. The van der Waals surface area contributed by atoms with Gasteiger partial charge in [-0.25, -0.2) is 0 Å². The van der Waals surface area contributed by atoms with Crippen molar-refractivity contribution in [2.45, 2.75) is 69.0 Å². The molecule has 2 aliphatic carbocycles. The van der Waals surface area contributed by atoms with E-state index >= 15 is 0 Å². The van der Waals surface area contributed by atoms with E-state index in [0.717, 1.165) is 54.7 Å². The van der Waals surface area contributed by atoms with Gasteiger partial charge in [0.05, 0.1) is 24.7 Å². The highest BCUT2D eigenvalue weighted by molar-refractivity contribution is 5.50. The van der Waals surface area contributed by atoms with Gasteiger partial charge in [-0.05, 0) is 81.2 Å². The first-order valence-electron chi connectivity index (χ1n) is 10.8. The summed E-state index contributed by atoms with van der Waals surface area (Å²) in [7, 11) is 1.69. The van der Waals surface area contributed by atoms with E-state index in [1.165, 1.54) is 12.8 Å². The van der Waals surface area contributed by atoms with Gasteiger partial charge in [0.15, 0.2) is 11.5 Å². The summed E-state index contributed by atoms with van der Waals surface area (Å²) in [5, 5.41) is 10.5. The quantitative estimate of drug-likeness (QED) is 0.726. The van der Waals surface area contributed by atoms with E-state index in [1.807, 2.05) is 36.4 Å². The van der Waals surface area contributed by atoms with Gasteiger partial charge in [0, 0.05) is 5.56 Å². The second-order valence-electron chi connectivity index (χ2n) is 8.34. The number of benzene rings is 2. The first kappa shape index (κ1) is 19.9. The number of ether oxygens (including phenoxy) is 2. The van der Waals surface area contributed by atoms with Crippen molar-refractivity contribution in [3.63, 3.8) is 0 Å². The fraction of sp³-hybridized carbons (Fsp3) is 0.462. The van der Waals surface area contributed by atoms with Crippen molar-refractivity contribution in [3.05, 3.63) is 59.7 Å². The normalized spacial score (nSPS) is 24.6.